The molecular formula is C16H19N3OS. The fraction of sp³-hybridized carbons (Fsp3) is 0.375. The van der Waals surface area contributed by atoms with Crippen molar-refractivity contribution in [3.63, 3.8) is 0 Å². The van der Waals surface area contributed by atoms with E-state index in [2.05, 4.69) is 22.6 Å². The van der Waals surface area contributed by atoms with Gasteiger partial charge < -0.3 is 10.2 Å². The summed E-state index contributed by atoms with van der Waals surface area (Å²) in [6, 6.07) is 6.24. The number of hydrogen-bond donors (Lipinski definition) is 1. The van der Waals surface area contributed by atoms with Gasteiger partial charge in [-0.05, 0) is 37.4 Å². The molecule has 21 heavy (non-hydrogen) atoms. The standard InChI is InChI=1S/C16H19N3OS/c1-11-9-19(7-6-17-11)16(20)14-3-4-15(18-12(14)2)13-5-8-21-10-13/h3-5,8,10-11,17H,6-7,9H2,1-2H3/t11-/m1/s1. The monoisotopic (exact) mass is 301 g/mol. The molecule has 0 saturated carbocycles. The first-order valence-corrected chi connectivity index (χ1v) is 8.12. The van der Waals surface area contributed by atoms with Crippen molar-refractivity contribution < 1.29 is 4.79 Å². The number of aryl methyl sites for hydroxylation is 1. The van der Waals surface area contributed by atoms with E-state index in [-0.39, 0.29) is 5.91 Å². The summed E-state index contributed by atoms with van der Waals surface area (Å²) in [7, 11) is 0. The Morgan fingerprint density at radius 3 is 2.95 bits per heavy atom. The lowest BCUT2D eigenvalue weighted by Crippen LogP contribution is -2.51. The number of hydrogen-bond acceptors (Lipinski definition) is 4. The largest absolute Gasteiger partial charge is 0.336 e. The molecule has 1 fully saturated rings. The first-order chi connectivity index (χ1) is 10.1. The van der Waals surface area contributed by atoms with Gasteiger partial charge in [0.25, 0.3) is 5.91 Å². The zero-order chi connectivity index (χ0) is 14.8. The molecule has 1 aliphatic rings. The quantitative estimate of drug-likeness (QED) is 0.927. The predicted octanol–water partition coefficient (Wildman–Crippen LogP) is 2.55. The molecule has 1 aliphatic heterocycles. The van der Waals surface area contributed by atoms with E-state index in [1.807, 2.05) is 35.4 Å². The van der Waals surface area contributed by atoms with Gasteiger partial charge in [-0.15, -0.1) is 0 Å². The zero-order valence-corrected chi connectivity index (χ0v) is 13.1. The second-order valence-corrected chi connectivity index (χ2v) is 6.23. The highest BCUT2D eigenvalue weighted by Gasteiger charge is 2.23. The Hall–Kier alpha value is -1.72. The lowest BCUT2D eigenvalue weighted by molar-refractivity contribution is 0.0708. The molecular weight excluding hydrogens is 282 g/mol. The van der Waals surface area contributed by atoms with Crippen LogP contribution in [-0.2, 0) is 0 Å². The molecule has 0 bridgehead atoms. The molecule has 0 unspecified atom stereocenters. The Bertz CT molecular complexity index is 639. The summed E-state index contributed by atoms with van der Waals surface area (Å²) < 4.78 is 0. The van der Waals surface area contributed by atoms with E-state index < -0.39 is 0 Å². The van der Waals surface area contributed by atoms with E-state index >= 15 is 0 Å². The molecule has 0 radical (unpaired) electrons. The molecule has 1 atom stereocenters. The minimum atomic E-state index is 0.0882. The number of carbonyl (C=O) groups excluding carboxylic acids is 1. The van der Waals surface area contributed by atoms with Gasteiger partial charge in [0.1, 0.15) is 0 Å². The SMILES string of the molecule is Cc1nc(-c2ccsc2)ccc1C(=O)N1CCN[C@H](C)C1. The molecule has 0 aromatic carbocycles. The average molecular weight is 301 g/mol. The Morgan fingerprint density at radius 2 is 2.29 bits per heavy atom. The molecule has 110 valence electrons. The van der Waals surface area contributed by atoms with Crippen molar-refractivity contribution in [1.29, 1.82) is 0 Å². The Balaban J connectivity index is 1.84. The Kier molecular flexibility index (Phi) is 4.03. The highest BCUT2D eigenvalue weighted by atomic mass is 32.1. The first-order valence-electron chi connectivity index (χ1n) is 7.18. The molecule has 0 aliphatic carbocycles. The topological polar surface area (TPSA) is 45.2 Å². The van der Waals surface area contributed by atoms with Crippen molar-refractivity contribution in [2.45, 2.75) is 19.9 Å². The number of carbonyl (C=O) groups is 1. The van der Waals surface area contributed by atoms with Crippen LogP contribution in [0.25, 0.3) is 11.3 Å². The van der Waals surface area contributed by atoms with Gasteiger partial charge in [0.15, 0.2) is 0 Å². The third-order valence-electron chi connectivity index (χ3n) is 3.79. The van der Waals surface area contributed by atoms with Crippen molar-refractivity contribution >= 4 is 17.2 Å². The lowest BCUT2D eigenvalue weighted by atomic mass is 10.1. The van der Waals surface area contributed by atoms with E-state index in [0.717, 1.165) is 36.6 Å². The second-order valence-electron chi connectivity index (χ2n) is 5.45. The predicted molar refractivity (Wildman–Crippen MR) is 85.7 cm³/mol. The molecule has 2 aromatic rings. The number of nitrogens with one attached hydrogen (secondary N) is 1. The third kappa shape index (κ3) is 2.99. The summed E-state index contributed by atoms with van der Waals surface area (Å²) in [6.07, 6.45) is 0. The van der Waals surface area contributed by atoms with Gasteiger partial charge >= 0.3 is 0 Å². The molecule has 1 N–H and O–H groups in total. The van der Waals surface area contributed by atoms with Gasteiger partial charge in [-0.3, -0.25) is 9.78 Å². The Morgan fingerprint density at radius 1 is 1.43 bits per heavy atom. The number of piperazine rings is 1. The van der Waals surface area contributed by atoms with E-state index in [9.17, 15) is 4.79 Å². The molecule has 1 saturated heterocycles. The smallest absolute Gasteiger partial charge is 0.255 e. The number of thiophene rings is 1. The van der Waals surface area contributed by atoms with Crippen LogP contribution in [0.1, 0.15) is 23.0 Å². The highest BCUT2D eigenvalue weighted by molar-refractivity contribution is 7.08. The number of rotatable bonds is 2. The first kappa shape index (κ1) is 14.2. The number of aromatic nitrogens is 1. The lowest BCUT2D eigenvalue weighted by Gasteiger charge is -2.32. The van der Waals surface area contributed by atoms with Crippen molar-refractivity contribution in [3.05, 3.63) is 40.2 Å². The van der Waals surface area contributed by atoms with Gasteiger partial charge in [0.05, 0.1) is 17.0 Å². The van der Waals surface area contributed by atoms with Crippen LogP contribution in [0.2, 0.25) is 0 Å². The van der Waals surface area contributed by atoms with Gasteiger partial charge in [0, 0.05) is 36.6 Å². The molecule has 0 spiro atoms. The fourth-order valence-electron chi connectivity index (χ4n) is 2.65. The van der Waals surface area contributed by atoms with Crippen LogP contribution in [0.15, 0.2) is 29.0 Å². The van der Waals surface area contributed by atoms with Crippen LogP contribution in [0.5, 0.6) is 0 Å². The maximum atomic E-state index is 12.6. The van der Waals surface area contributed by atoms with Crippen LogP contribution in [0, 0.1) is 6.92 Å². The van der Waals surface area contributed by atoms with Crippen LogP contribution < -0.4 is 5.32 Å². The summed E-state index contributed by atoms with van der Waals surface area (Å²) in [4.78, 5) is 19.1. The number of pyridine rings is 1. The van der Waals surface area contributed by atoms with Crippen molar-refractivity contribution in [2.24, 2.45) is 0 Å². The number of nitrogens with zero attached hydrogens (tertiary/aromatic N) is 2. The minimum absolute atomic E-state index is 0.0882. The van der Waals surface area contributed by atoms with Crippen molar-refractivity contribution in [2.75, 3.05) is 19.6 Å². The maximum absolute atomic E-state index is 12.6. The summed E-state index contributed by atoms with van der Waals surface area (Å²) in [6.45, 7) is 6.38. The Labute approximate surface area is 128 Å². The molecule has 3 heterocycles. The van der Waals surface area contributed by atoms with Crippen molar-refractivity contribution in [3.8, 4) is 11.3 Å². The van der Waals surface area contributed by atoms with E-state index in [1.165, 1.54) is 0 Å². The van der Waals surface area contributed by atoms with E-state index in [0.29, 0.717) is 11.6 Å². The summed E-state index contributed by atoms with van der Waals surface area (Å²) >= 11 is 1.65. The molecule has 1 amide bonds. The second kappa shape index (κ2) is 5.95. The van der Waals surface area contributed by atoms with Crippen LogP contribution >= 0.6 is 11.3 Å². The zero-order valence-electron chi connectivity index (χ0n) is 12.3. The highest BCUT2D eigenvalue weighted by Crippen LogP contribution is 2.22. The fourth-order valence-corrected chi connectivity index (χ4v) is 3.29. The van der Waals surface area contributed by atoms with Gasteiger partial charge in [0.2, 0.25) is 0 Å². The van der Waals surface area contributed by atoms with E-state index in [4.69, 9.17) is 0 Å². The normalized spacial score (nSPS) is 18.8. The number of amides is 1. The minimum Gasteiger partial charge on any atom is -0.336 e. The van der Waals surface area contributed by atoms with Gasteiger partial charge in [-0.2, -0.15) is 11.3 Å². The summed E-state index contributed by atoms with van der Waals surface area (Å²) in [5.41, 5.74) is 3.55. The average Bonchev–Trinajstić information content (AvgIpc) is 3.00. The molecule has 5 heteroatoms. The molecule has 4 nitrogen and oxygen atoms in total. The third-order valence-corrected chi connectivity index (χ3v) is 4.47. The van der Waals surface area contributed by atoms with Gasteiger partial charge in [-0.25, -0.2) is 0 Å². The summed E-state index contributed by atoms with van der Waals surface area (Å²) in [5.74, 6) is 0.0882. The van der Waals surface area contributed by atoms with Crippen LogP contribution in [0.4, 0.5) is 0 Å². The molecule has 2 aromatic heterocycles. The summed E-state index contributed by atoms with van der Waals surface area (Å²) in [5, 5.41) is 7.46. The maximum Gasteiger partial charge on any atom is 0.255 e. The van der Waals surface area contributed by atoms with Crippen LogP contribution in [0.3, 0.4) is 0 Å². The van der Waals surface area contributed by atoms with Gasteiger partial charge in [-0.1, -0.05) is 0 Å². The van der Waals surface area contributed by atoms with Crippen molar-refractivity contribution in [1.82, 2.24) is 15.2 Å². The van der Waals surface area contributed by atoms with Crippen LogP contribution in [-0.4, -0.2) is 41.5 Å². The molecule has 3 rings (SSSR count). The van der Waals surface area contributed by atoms with E-state index in [1.54, 1.807) is 11.3 Å².